The second-order valence-corrected chi connectivity index (χ2v) is 9.83. The number of aromatic nitrogens is 5. The van der Waals surface area contributed by atoms with Crippen LogP contribution in [0, 0.1) is 11.8 Å². The minimum absolute atomic E-state index is 0.0664. The van der Waals surface area contributed by atoms with Gasteiger partial charge in [0.25, 0.3) is 0 Å². The van der Waals surface area contributed by atoms with Crippen LogP contribution in [0.25, 0.3) is 11.0 Å². The fraction of sp³-hybridized carbons (Fsp3) is 0.526. The number of amides is 2. The number of carbonyl (C=O) groups excluding carboxylic acids is 1. The van der Waals surface area contributed by atoms with E-state index in [-0.39, 0.29) is 6.03 Å². The Labute approximate surface area is 182 Å². The third-order valence-electron chi connectivity index (χ3n) is 6.12. The van der Waals surface area contributed by atoms with Crippen molar-refractivity contribution in [2.75, 3.05) is 36.1 Å². The SMILES string of the molecule is CCSc1nsc(NC(=O)N2CC3C[C@H](N(C)c4ncnc5[nH]ccc45)C[C@H]3C2)n1. The van der Waals surface area contributed by atoms with E-state index in [0.29, 0.717) is 23.0 Å². The number of thioether (sulfide) groups is 1. The van der Waals surface area contributed by atoms with E-state index in [1.165, 1.54) is 11.5 Å². The molecular weight excluding hydrogens is 420 g/mol. The number of anilines is 2. The maximum Gasteiger partial charge on any atom is 0.323 e. The van der Waals surface area contributed by atoms with Gasteiger partial charge >= 0.3 is 6.03 Å². The molecule has 2 aliphatic rings. The molecule has 9 nitrogen and oxygen atoms in total. The lowest BCUT2D eigenvalue weighted by Crippen LogP contribution is -2.36. The van der Waals surface area contributed by atoms with Crippen LogP contribution >= 0.6 is 23.3 Å². The zero-order valence-electron chi connectivity index (χ0n) is 16.9. The molecule has 158 valence electrons. The van der Waals surface area contributed by atoms with Crippen molar-refractivity contribution in [1.82, 2.24) is 29.2 Å². The van der Waals surface area contributed by atoms with Gasteiger partial charge in [-0.05, 0) is 36.5 Å². The van der Waals surface area contributed by atoms with Crippen molar-refractivity contribution in [3.63, 3.8) is 0 Å². The fourth-order valence-corrected chi connectivity index (χ4v) is 5.94. The van der Waals surface area contributed by atoms with E-state index in [1.54, 1.807) is 18.1 Å². The Morgan fingerprint density at radius 2 is 2.17 bits per heavy atom. The van der Waals surface area contributed by atoms with Crippen molar-refractivity contribution in [1.29, 1.82) is 0 Å². The summed E-state index contributed by atoms with van der Waals surface area (Å²) in [5.74, 6) is 2.93. The summed E-state index contributed by atoms with van der Waals surface area (Å²) in [6.45, 7) is 3.64. The maximum absolute atomic E-state index is 12.7. The molecule has 1 saturated heterocycles. The van der Waals surface area contributed by atoms with E-state index in [0.717, 1.165) is 53.7 Å². The monoisotopic (exact) mass is 444 g/mol. The summed E-state index contributed by atoms with van der Waals surface area (Å²) < 4.78 is 4.26. The highest BCUT2D eigenvalue weighted by Gasteiger charge is 2.44. The summed E-state index contributed by atoms with van der Waals surface area (Å²) in [5, 5.41) is 5.27. The molecule has 1 aliphatic heterocycles. The van der Waals surface area contributed by atoms with Crippen LogP contribution in [0.1, 0.15) is 19.8 Å². The van der Waals surface area contributed by atoms with Crippen LogP contribution in [0.5, 0.6) is 0 Å². The first kappa shape index (κ1) is 19.6. The molecule has 1 unspecified atom stereocenters. The highest BCUT2D eigenvalue weighted by molar-refractivity contribution is 7.99. The quantitative estimate of drug-likeness (QED) is 0.582. The number of likely N-dealkylation sites (tertiary alicyclic amines) is 1. The topological polar surface area (TPSA) is 103 Å². The summed E-state index contributed by atoms with van der Waals surface area (Å²) in [6.07, 6.45) is 5.65. The number of rotatable bonds is 5. The molecule has 0 aromatic carbocycles. The lowest BCUT2D eigenvalue weighted by atomic mass is 10.0. The Kier molecular flexibility index (Phi) is 5.23. The van der Waals surface area contributed by atoms with Crippen molar-refractivity contribution in [2.24, 2.45) is 11.8 Å². The molecule has 0 spiro atoms. The first-order valence-corrected chi connectivity index (χ1v) is 11.9. The Bertz CT molecular complexity index is 1040. The molecule has 0 bridgehead atoms. The molecule has 5 rings (SSSR count). The molecule has 30 heavy (non-hydrogen) atoms. The summed E-state index contributed by atoms with van der Waals surface area (Å²) in [5.41, 5.74) is 0.866. The molecule has 2 fully saturated rings. The molecule has 3 aromatic rings. The Morgan fingerprint density at radius 1 is 1.37 bits per heavy atom. The smallest absolute Gasteiger partial charge is 0.323 e. The molecule has 11 heteroatoms. The van der Waals surface area contributed by atoms with E-state index >= 15 is 0 Å². The number of hydrogen-bond acceptors (Lipinski definition) is 8. The molecular formula is C19H24N8OS2. The average molecular weight is 445 g/mol. The van der Waals surface area contributed by atoms with Gasteiger partial charge in [-0.3, -0.25) is 5.32 Å². The number of H-pyrrole nitrogens is 1. The third kappa shape index (κ3) is 3.60. The predicted octanol–water partition coefficient (Wildman–Crippen LogP) is 3.30. The summed E-state index contributed by atoms with van der Waals surface area (Å²) in [7, 11) is 2.12. The summed E-state index contributed by atoms with van der Waals surface area (Å²) in [4.78, 5) is 33.2. The van der Waals surface area contributed by atoms with E-state index < -0.39 is 0 Å². The summed E-state index contributed by atoms with van der Waals surface area (Å²) >= 11 is 2.82. The van der Waals surface area contributed by atoms with Gasteiger partial charge < -0.3 is 14.8 Å². The van der Waals surface area contributed by atoms with E-state index in [1.807, 2.05) is 17.2 Å². The van der Waals surface area contributed by atoms with Gasteiger partial charge in [0.15, 0.2) is 0 Å². The van der Waals surface area contributed by atoms with Crippen LogP contribution in [0.2, 0.25) is 0 Å². The van der Waals surface area contributed by atoms with Gasteiger partial charge in [0.2, 0.25) is 10.3 Å². The molecule has 0 radical (unpaired) electrons. The van der Waals surface area contributed by atoms with Crippen LogP contribution in [0.15, 0.2) is 23.7 Å². The number of urea groups is 1. The van der Waals surface area contributed by atoms with Gasteiger partial charge in [-0.2, -0.15) is 9.36 Å². The average Bonchev–Trinajstić information content (AvgIpc) is 3.50. The van der Waals surface area contributed by atoms with Gasteiger partial charge in [0, 0.05) is 43.9 Å². The molecule has 1 saturated carbocycles. The van der Waals surface area contributed by atoms with Crippen molar-refractivity contribution in [3.8, 4) is 0 Å². The second-order valence-electron chi connectivity index (χ2n) is 7.84. The zero-order valence-corrected chi connectivity index (χ0v) is 18.5. The number of nitrogens with zero attached hydrogens (tertiary/aromatic N) is 6. The highest BCUT2D eigenvalue weighted by Crippen LogP contribution is 2.41. The lowest BCUT2D eigenvalue weighted by Gasteiger charge is -2.27. The van der Waals surface area contributed by atoms with E-state index in [9.17, 15) is 4.79 Å². The Morgan fingerprint density at radius 3 is 2.93 bits per heavy atom. The molecule has 3 atom stereocenters. The number of fused-ring (bicyclic) bond motifs is 2. The normalized spacial score (nSPS) is 23.1. The summed E-state index contributed by atoms with van der Waals surface area (Å²) in [6, 6.07) is 2.39. The number of aromatic amines is 1. The first-order valence-electron chi connectivity index (χ1n) is 10.2. The Hall–Kier alpha value is -2.40. The molecule has 1 aliphatic carbocycles. The molecule has 2 amide bonds. The van der Waals surface area contributed by atoms with Gasteiger partial charge in [-0.15, -0.1) is 0 Å². The highest BCUT2D eigenvalue weighted by atomic mass is 32.2. The standard InChI is InChI=1S/C19H24N8OS2/c1-3-29-18-23-17(30-25-18)24-19(28)27-8-11-6-13(7-12(11)9-27)26(2)16-14-4-5-20-15(14)21-10-22-16/h4-5,10-13H,3,6-9H2,1-2H3,(H,20,21,22)(H,23,24,25,28)/t11-,12?,13+/m0/s1. The zero-order chi connectivity index (χ0) is 20.7. The van der Waals surface area contributed by atoms with Gasteiger partial charge in [-0.1, -0.05) is 18.7 Å². The first-order chi connectivity index (χ1) is 14.6. The van der Waals surface area contributed by atoms with Crippen molar-refractivity contribution >= 4 is 51.3 Å². The molecule has 3 aromatic heterocycles. The van der Waals surface area contributed by atoms with Gasteiger partial charge in [0.1, 0.15) is 17.8 Å². The second kappa shape index (κ2) is 8.03. The Balaban J connectivity index is 1.20. The van der Waals surface area contributed by atoms with Crippen LogP contribution in [0.3, 0.4) is 0 Å². The number of hydrogen-bond donors (Lipinski definition) is 2. The largest absolute Gasteiger partial charge is 0.356 e. The van der Waals surface area contributed by atoms with Crippen LogP contribution in [0.4, 0.5) is 15.7 Å². The molecule has 2 N–H and O–H groups in total. The predicted molar refractivity (Wildman–Crippen MR) is 119 cm³/mol. The van der Waals surface area contributed by atoms with Gasteiger partial charge in [0.05, 0.1) is 5.39 Å². The van der Waals surface area contributed by atoms with Crippen LogP contribution < -0.4 is 10.2 Å². The number of nitrogens with one attached hydrogen (secondary N) is 2. The lowest BCUT2D eigenvalue weighted by molar-refractivity contribution is 0.218. The number of carbonyl (C=O) groups is 1. The minimum atomic E-state index is -0.0664. The van der Waals surface area contributed by atoms with Crippen LogP contribution in [-0.4, -0.2) is 67.2 Å². The maximum atomic E-state index is 12.7. The third-order valence-corrected chi connectivity index (χ3v) is 7.60. The molecule has 4 heterocycles. The van der Waals surface area contributed by atoms with Crippen molar-refractivity contribution in [3.05, 3.63) is 18.6 Å². The minimum Gasteiger partial charge on any atom is -0.356 e. The van der Waals surface area contributed by atoms with E-state index in [4.69, 9.17) is 0 Å². The van der Waals surface area contributed by atoms with Crippen LogP contribution in [-0.2, 0) is 0 Å². The van der Waals surface area contributed by atoms with Gasteiger partial charge in [-0.25, -0.2) is 14.8 Å². The van der Waals surface area contributed by atoms with Crippen molar-refractivity contribution in [2.45, 2.75) is 31.0 Å². The fourth-order valence-electron chi connectivity index (χ4n) is 4.68. The van der Waals surface area contributed by atoms with Crippen molar-refractivity contribution < 1.29 is 4.79 Å². The van der Waals surface area contributed by atoms with E-state index in [2.05, 4.69) is 48.5 Å².